The van der Waals surface area contributed by atoms with Gasteiger partial charge >= 0.3 is 0 Å². The van der Waals surface area contributed by atoms with E-state index in [1.54, 1.807) is 0 Å². The Bertz CT molecular complexity index is 450. The first kappa shape index (κ1) is 13.1. The van der Waals surface area contributed by atoms with Gasteiger partial charge in [0.05, 0.1) is 11.5 Å². The molecule has 3 atom stereocenters. The molecule has 0 spiro atoms. The van der Waals surface area contributed by atoms with E-state index in [9.17, 15) is 10.4 Å². The molecule has 0 amide bonds. The second kappa shape index (κ2) is 4.74. The predicted octanol–water partition coefficient (Wildman–Crippen LogP) is 3.61. The first-order valence-corrected chi connectivity index (χ1v) is 6.77. The molecule has 18 heavy (non-hydrogen) atoms. The predicted molar refractivity (Wildman–Crippen MR) is 71.7 cm³/mol. The van der Waals surface area contributed by atoms with Gasteiger partial charge in [0.1, 0.15) is 5.60 Å². The fraction of sp³-hybridized carbons (Fsp3) is 0.562. The van der Waals surface area contributed by atoms with E-state index in [1.807, 2.05) is 37.3 Å². The molecule has 3 unspecified atom stereocenters. The minimum absolute atomic E-state index is 0.520. The molecule has 0 aliphatic heterocycles. The first-order valence-electron chi connectivity index (χ1n) is 6.77. The molecule has 1 aliphatic carbocycles. The van der Waals surface area contributed by atoms with Crippen LogP contribution >= 0.6 is 0 Å². The van der Waals surface area contributed by atoms with Gasteiger partial charge in [-0.2, -0.15) is 5.26 Å². The smallest absolute Gasteiger partial charge is 0.108 e. The standard InChI is InChI=1S/C16H21NO/c1-3-16(18,14-7-5-4-6-8-14)15(12-17)10-9-13(2)11-15/h4-8,13,18H,3,9-11H2,1-2H3. The molecule has 2 rings (SSSR count). The lowest BCUT2D eigenvalue weighted by Gasteiger charge is -2.40. The fourth-order valence-corrected chi connectivity index (χ4v) is 3.39. The van der Waals surface area contributed by atoms with E-state index in [0.29, 0.717) is 12.3 Å². The minimum atomic E-state index is -1.02. The Balaban J connectivity index is 2.47. The van der Waals surface area contributed by atoms with Crippen molar-refractivity contribution in [2.45, 2.75) is 45.1 Å². The maximum absolute atomic E-state index is 11.1. The Labute approximate surface area is 109 Å². The van der Waals surface area contributed by atoms with Crippen molar-refractivity contribution in [3.8, 4) is 6.07 Å². The lowest BCUT2D eigenvalue weighted by Crippen LogP contribution is -2.43. The summed E-state index contributed by atoms with van der Waals surface area (Å²) < 4.78 is 0. The quantitative estimate of drug-likeness (QED) is 0.881. The second-order valence-electron chi connectivity index (χ2n) is 5.62. The molecular formula is C16H21NO. The average molecular weight is 243 g/mol. The van der Waals surface area contributed by atoms with Crippen molar-refractivity contribution in [3.63, 3.8) is 0 Å². The van der Waals surface area contributed by atoms with E-state index < -0.39 is 11.0 Å². The van der Waals surface area contributed by atoms with E-state index in [4.69, 9.17) is 0 Å². The zero-order chi connectivity index (χ0) is 13.2. The van der Waals surface area contributed by atoms with E-state index in [0.717, 1.165) is 24.8 Å². The van der Waals surface area contributed by atoms with Crippen molar-refractivity contribution >= 4 is 0 Å². The SMILES string of the molecule is CCC(O)(c1ccccc1)C1(C#N)CCC(C)C1. The minimum Gasteiger partial charge on any atom is -0.383 e. The van der Waals surface area contributed by atoms with Gasteiger partial charge in [-0.15, -0.1) is 0 Å². The lowest BCUT2D eigenvalue weighted by molar-refractivity contribution is -0.0642. The van der Waals surface area contributed by atoms with Crippen LogP contribution in [-0.2, 0) is 5.60 Å². The van der Waals surface area contributed by atoms with Crippen LogP contribution in [0.4, 0.5) is 0 Å². The number of rotatable bonds is 3. The highest BCUT2D eigenvalue weighted by molar-refractivity contribution is 5.29. The third kappa shape index (κ3) is 1.83. The molecule has 1 saturated carbocycles. The van der Waals surface area contributed by atoms with Gasteiger partial charge in [-0.3, -0.25) is 0 Å². The number of nitrogens with zero attached hydrogens (tertiary/aromatic N) is 1. The Morgan fingerprint density at radius 3 is 2.56 bits per heavy atom. The summed E-state index contributed by atoms with van der Waals surface area (Å²) in [6.45, 7) is 4.13. The summed E-state index contributed by atoms with van der Waals surface area (Å²) in [7, 11) is 0. The van der Waals surface area contributed by atoms with Crippen molar-refractivity contribution in [3.05, 3.63) is 35.9 Å². The maximum atomic E-state index is 11.1. The summed E-state index contributed by atoms with van der Waals surface area (Å²) in [5, 5.41) is 20.8. The summed E-state index contributed by atoms with van der Waals surface area (Å²) in [6.07, 6.45) is 3.20. The van der Waals surface area contributed by atoms with Crippen molar-refractivity contribution < 1.29 is 5.11 Å². The lowest BCUT2D eigenvalue weighted by atomic mass is 9.66. The van der Waals surface area contributed by atoms with Crippen molar-refractivity contribution in [2.24, 2.45) is 11.3 Å². The summed E-state index contributed by atoms with van der Waals surface area (Å²) >= 11 is 0. The molecule has 0 bridgehead atoms. The van der Waals surface area contributed by atoms with Crippen LogP contribution in [0.15, 0.2) is 30.3 Å². The van der Waals surface area contributed by atoms with Crippen LogP contribution < -0.4 is 0 Å². The van der Waals surface area contributed by atoms with Gasteiger partial charge < -0.3 is 5.11 Å². The highest BCUT2D eigenvalue weighted by atomic mass is 16.3. The Kier molecular flexibility index (Phi) is 3.45. The van der Waals surface area contributed by atoms with Gasteiger partial charge in [-0.05, 0) is 37.2 Å². The second-order valence-corrected chi connectivity index (χ2v) is 5.62. The van der Waals surface area contributed by atoms with Gasteiger partial charge in [0.25, 0.3) is 0 Å². The van der Waals surface area contributed by atoms with Gasteiger partial charge in [-0.1, -0.05) is 44.2 Å². The molecule has 0 heterocycles. The summed E-state index contributed by atoms with van der Waals surface area (Å²) in [4.78, 5) is 0. The Morgan fingerprint density at radius 1 is 1.44 bits per heavy atom. The van der Waals surface area contributed by atoms with Crippen molar-refractivity contribution in [1.29, 1.82) is 5.26 Å². The molecule has 2 heteroatoms. The molecule has 1 fully saturated rings. The zero-order valence-electron chi connectivity index (χ0n) is 11.2. The van der Waals surface area contributed by atoms with Crippen LogP contribution in [0.5, 0.6) is 0 Å². The van der Waals surface area contributed by atoms with E-state index in [2.05, 4.69) is 13.0 Å². The van der Waals surface area contributed by atoms with Gasteiger partial charge in [-0.25, -0.2) is 0 Å². The summed E-state index contributed by atoms with van der Waals surface area (Å²) in [6, 6.07) is 12.1. The maximum Gasteiger partial charge on any atom is 0.108 e. The number of benzene rings is 1. The highest BCUT2D eigenvalue weighted by Crippen LogP contribution is 2.54. The molecule has 0 saturated heterocycles. The number of hydrogen-bond donors (Lipinski definition) is 1. The van der Waals surface area contributed by atoms with Crippen LogP contribution in [-0.4, -0.2) is 5.11 Å². The fourth-order valence-electron chi connectivity index (χ4n) is 3.39. The van der Waals surface area contributed by atoms with Crippen molar-refractivity contribution in [2.75, 3.05) is 0 Å². The van der Waals surface area contributed by atoms with Gasteiger partial charge in [0.15, 0.2) is 0 Å². The van der Waals surface area contributed by atoms with Gasteiger partial charge in [0.2, 0.25) is 0 Å². The molecule has 2 nitrogen and oxygen atoms in total. The van der Waals surface area contributed by atoms with E-state index in [1.165, 1.54) is 0 Å². The zero-order valence-corrected chi connectivity index (χ0v) is 11.2. The Morgan fingerprint density at radius 2 is 2.11 bits per heavy atom. The molecule has 96 valence electrons. The Hall–Kier alpha value is -1.33. The normalized spacial score (nSPS) is 30.7. The number of nitriles is 1. The summed E-state index contributed by atoms with van der Waals surface area (Å²) in [5.41, 5.74) is -0.765. The molecule has 1 aromatic rings. The van der Waals surface area contributed by atoms with Crippen LogP contribution in [0.3, 0.4) is 0 Å². The molecular weight excluding hydrogens is 222 g/mol. The molecule has 0 radical (unpaired) electrons. The third-order valence-electron chi connectivity index (χ3n) is 4.53. The third-order valence-corrected chi connectivity index (χ3v) is 4.53. The first-order chi connectivity index (χ1) is 8.58. The van der Waals surface area contributed by atoms with E-state index in [-0.39, 0.29) is 0 Å². The van der Waals surface area contributed by atoms with Crippen LogP contribution in [0.25, 0.3) is 0 Å². The molecule has 0 aromatic heterocycles. The molecule has 1 aromatic carbocycles. The van der Waals surface area contributed by atoms with Crippen LogP contribution in [0, 0.1) is 22.7 Å². The van der Waals surface area contributed by atoms with E-state index >= 15 is 0 Å². The highest BCUT2D eigenvalue weighted by Gasteiger charge is 2.53. The average Bonchev–Trinajstić information content (AvgIpc) is 2.82. The topological polar surface area (TPSA) is 44.0 Å². The van der Waals surface area contributed by atoms with Crippen LogP contribution in [0.1, 0.15) is 45.1 Å². The monoisotopic (exact) mass is 243 g/mol. The van der Waals surface area contributed by atoms with Crippen LogP contribution in [0.2, 0.25) is 0 Å². The number of hydrogen-bond acceptors (Lipinski definition) is 2. The van der Waals surface area contributed by atoms with Crippen molar-refractivity contribution in [1.82, 2.24) is 0 Å². The number of aliphatic hydroxyl groups is 1. The van der Waals surface area contributed by atoms with Gasteiger partial charge in [0, 0.05) is 0 Å². The largest absolute Gasteiger partial charge is 0.383 e. The summed E-state index contributed by atoms with van der Waals surface area (Å²) in [5.74, 6) is 0.520. The molecule has 1 N–H and O–H groups in total. The molecule has 1 aliphatic rings.